The minimum absolute atomic E-state index is 0.230. The molecule has 1 aromatic carbocycles. The number of H-pyrrole nitrogens is 2. The second-order valence-corrected chi connectivity index (χ2v) is 7.59. The number of amides is 1. The molecule has 0 saturated carbocycles. The topological polar surface area (TPSA) is 108 Å². The molecule has 0 spiro atoms. The molecular formula is C19H16N6O2S2. The number of carbonyl (C=O) groups excluding carboxylic acids is 1. The van der Waals surface area contributed by atoms with Gasteiger partial charge in [0.25, 0.3) is 5.56 Å². The Morgan fingerprint density at radius 3 is 2.76 bits per heavy atom. The lowest BCUT2D eigenvalue weighted by Crippen LogP contribution is -2.24. The second-order valence-electron chi connectivity index (χ2n) is 6.25. The SMILES string of the molecule is CC(C(=O)Nc1cccc(-c2ccc(=O)[nH]n2)c1)n1c(-c2cccs2)n[nH]c1=S. The van der Waals surface area contributed by atoms with Crippen LogP contribution in [0.5, 0.6) is 0 Å². The van der Waals surface area contributed by atoms with Gasteiger partial charge in [0.1, 0.15) is 6.04 Å². The van der Waals surface area contributed by atoms with Gasteiger partial charge in [-0.1, -0.05) is 18.2 Å². The summed E-state index contributed by atoms with van der Waals surface area (Å²) in [5.74, 6) is 0.394. The van der Waals surface area contributed by atoms with E-state index in [4.69, 9.17) is 12.2 Å². The quantitative estimate of drug-likeness (QED) is 0.424. The molecule has 8 nitrogen and oxygen atoms in total. The fourth-order valence-electron chi connectivity index (χ4n) is 2.87. The van der Waals surface area contributed by atoms with Crippen LogP contribution in [-0.4, -0.2) is 30.9 Å². The van der Waals surface area contributed by atoms with Gasteiger partial charge in [0.15, 0.2) is 10.6 Å². The summed E-state index contributed by atoms with van der Waals surface area (Å²) >= 11 is 6.86. The number of aromatic nitrogens is 5. The molecule has 1 amide bonds. The summed E-state index contributed by atoms with van der Waals surface area (Å²) in [6, 6.07) is 13.5. The van der Waals surface area contributed by atoms with E-state index in [-0.39, 0.29) is 11.5 Å². The first kappa shape index (κ1) is 19.0. The molecule has 0 radical (unpaired) electrons. The molecule has 146 valence electrons. The maximum atomic E-state index is 12.9. The van der Waals surface area contributed by atoms with Crippen molar-refractivity contribution >= 4 is 35.1 Å². The van der Waals surface area contributed by atoms with Gasteiger partial charge >= 0.3 is 0 Å². The molecule has 0 aliphatic carbocycles. The van der Waals surface area contributed by atoms with Crippen molar-refractivity contribution in [3.8, 4) is 22.0 Å². The van der Waals surface area contributed by atoms with Crippen LogP contribution in [0.15, 0.2) is 58.7 Å². The zero-order valence-electron chi connectivity index (χ0n) is 15.2. The average Bonchev–Trinajstić information content (AvgIpc) is 3.37. The fourth-order valence-corrected chi connectivity index (χ4v) is 3.87. The van der Waals surface area contributed by atoms with Gasteiger partial charge in [0, 0.05) is 17.3 Å². The molecule has 4 rings (SSSR count). The number of aromatic amines is 2. The van der Waals surface area contributed by atoms with Gasteiger partial charge in [-0.3, -0.25) is 19.3 Å². The van der Waals surface area contributed by atoms with Crippen LogP contribution in [-0.2, 0) is 4.79 Å². The van der Waals surface area contributed by atoms with E-state index in [1.807, 2.05) is 29.6 Å². The smallest absolute Gasteiger partial charge is 0.264 e. The van der Waals surface area contributed by atoms with Crippen molar-refractivity contribution in [1.82, 2.24) is 25.0 Å². The molecule has 29 heavy (non-hydrogen) atoms. The molecule has 4 aromatic rings. The lowest BCUT2D eigenvalue weighted by Gasteiger charge is -2.15. The van der Waals surface area contributed by atoms with Gasteiger partial charge in [-0.15, -0.1) is 11.3 Å². The van der Waals surface area contributed by atoms with Crippen LogP contribution in [0.4, 0.5) is 5.69 Å². The Kier molecular flexibility index (Phi) is 5.19. The van der Waals surface area contributed by atoms with Crippen molar-refractivity contribution in [1.29, 1.82) is 0 Å². The minimum atomic E-state index is -0.576. The highest BCUT2D eigenvalue weighted by Crippen LogP contribution is 2.26. The van der Waals surface area contributed by atoms with Crippen molar-refractivity contribution in [3.05, 3.63) is 69.0 Å². The molecule has 0 aliphatic rings. The molecule has 0 aliphatic heterocycles. The number of rotatable bonds is 5. The van der Waals surface area contributed by atoms with Crippen molar-refractivity contribution in [2.24, 2.45) is 0 Å². The highest BCUT2D eigenvalue weighted by atomic mass is 32.1. The van der Waals surface area contributed by atoms with E-state index in [0.29, 0.717) is 22.0 Å². The Bertz CT molecular complexity index is 1250. The number of thiophene rings is 1. The van der Waals surface area contributed by atoms with E-state index in [0.717, 1.165) is 10.4 Å². The number of hydrogen-bond acceptors (Lipinski definition) is 6. The van der Waals surface area contributed by atoms with Crippen LogP contribution >= 0.6 is 23.6 Å². The average molecular weight is 425 g/mol. The van der Waals surface area contributed by atoms with Crippen molar-refractivity contribution in [2.45, 2.75) is 13.0 Å². The lowest BCUT2D eigenvalue weighted by atomic mass is 10.1. The fraction of sp³-hybridized carbons (Fsp3) is 0.105. The third-order valence-corrected chi connectivity index (χ3v) is 5.47. The Hall–Kier alpha value is -3.37. The van der Waals surface area contributed by atoms with E-state index in [9.17, 15) is 9.59 Å². The minimum Gasteiger partial charge on any atom is -0.324 e. The normalized spacial score (nSPS) is 11.9. The highest BCUT2D eigenvalue weighted by Gasteiger charge is 2.21. The maximum absolute atomic E-state index is 12.9. The number of nitrogens with zero attached hydrogens (tertiary/aromatic N) is 3. The van der Waals surface area contributed by atoms with Crippen LogP contribution in [0.25, 0.3) is 22.0 Å². The predicted octanol–water partition coefficient (Wildman–Crippen LogP) is 3.62. The van der Waals surface area contributed by atoms with E-state index in [2.05, 4.69) is 25.7 Å². The Morgan fingerprint density at radius 2 is 2.03 bits per heavy atom. The summed E-state index contributed by atoms with van der Waals surface area (Å²) in [7, 11) is 0. The maximum Gasteiger partial charge on any atom is 0.264 e. The molecule has 10 heteroatoms. The first-order valence-electron chi connectivity index (χ1n) is 8.71. The number of benzene rings is 1. The standard InChI is InChI=1S/C19H16N6O2S2/c1-11(25-17(23-24-19(25)28)15-6-3-9-29-15)18(27)20-13-5-2-4-12(10-13)14-7-8-16(26)22-21-14/h2-11H,1H3,(H,20,27)(H,22,26)(H,24,28). The first-order valence-corrected chi connectivity index (χ1v) is 9.99. The van der Waals surface area contributed by atoms with E-state index >= 15 is 0 Å². The van der Waals surface area contributed by atoms with Gasteiger partial charge in [-0.2, -0.15) is 10.2 Å². The highest BCUT2D eigenvalue weighted by molar-refractivity contribution is 7.71. The van der Waals surface area contributed by atoms with E-state index in [1.165, 1.54) is 17.4 Å². The number of nitrogens with one attached hydrogen (secondary N) is 3. The Morgan fingerprint density at radius 1 is 1.17 bits per heavy atom. The van der Waals surface area contributed by atoms with Crippen molar-refractivity contribution in [2.75, 3.05) is 5.32 Å². The molecule has 3 aromatic heterocycles. The molecule has 3 N–H and O–H groups in total. The lowest BCUT2D eigenvalue weighted by molar-refractivity contribution is -0.118. The first-order chi connectivity index (χ1) is 14.0. The van der Waals surface area contributed by atoms with Gasteiger partial charge < -0.3 is 5.32 Å². The van der Waals surface area contributed by atoms with Crippen molar-refractivity contribution < 1.29 is 4.79 Å². The van der Waals surface area contributed by atoms with Gasteiger partial charge in [0.05, 0.1) is 10.6 Å². The third-order valence-electron chi connectivity index (χ3n) is 4.32. The number of anilines is 1. The largest absolute Gasteiger partial charge is 0.324 e. The van der Waals surface area contributed by atoms with Crippen LogP contribution in [0.1, 0.15) is 13.0 Å². The van der Waals surface area contributed by atoms with Crippen LogP contribution in [0.3, 0.4) is 0 Å². The summed E-state index contributed by atoms with van der Waals surface area (Å²) in [6.07, 6.45) is 0. The molecule has 1 atom stereocenters. The molecule has 1 unspecified atom stereocenters. The molecule has 3 heterocycles. The number of hydrogen-bond donors (Lipinski definition) is 3. The summed E-state index contributed by atoms with van der Waals surface area (Å²) in [6.45, 7) is 1.77. The van der Waals surface area contributed by atoms with Crippen LogP contribution < -0.4 is 10.9 Å². The Balaban J connectivity index is 1.58. The van der Waals surface area contributed by atoms with E-state index in [1.54, 1.807) is 29.7 Å². The van der Waals surface area contributed by atoms with Gasteiger partial charge in [-0.05, 0) is 48.8 Å². The van der Waals surface area contributed by atoms with Crippen LogP contribution in [0.2, 0.25) is 0 Å². The molecule has 0 fully saturated rings. The summed E-state index contributed by atoms with van der Waals surface area (Å²) in [4.78, 5) is 25.0. The zero-order valence-corrected chi connectivity index (χ0v) is 16.9. The molecule has 0 saturated heterocycles. The molecular weight excluding hydrogens is 408 g/mol. The van der Waals surface area contributed by atoms with E-state index < -0.39 is 6.04 Å². The van der Waals surface area contributed by atoms with Crippen LogP contribution in [0, 0.1) is 4.77 Å². The summed E-state index contributed by atoms with van der Waals surface area (Å²) in [5, 5.41) is 18.3. The number of carbonyl (C=O) groups is 1. The monoisotopic (exact) mass is 424 g/mol. The summed E-state index contributed by atoms with van der Waals surface area (Å²) < 4.78 is 2.08. The van der Waals surface area contributed by atoms with Crippen molar-refractivity contribution in [3.63, 3.8) is 0 Å². The zero-order chi connectivity index (χ0) is 20.4. The van der Waals surface area contributed by atoms with Gasteiger partial charge in [-0.25, -0.2) is 5.10 Å². The third kappa shape index (κ3) is 3.93. The summed E-state index contributed by atoms with van der Waals surface area (Å²) in [5.41, 5.74) is 1.71. The molecule has 0 bridgehead atoms. The van der Waals surface area contributed by atoms with Gasteiger partial charge in [0.2, 0.25) is 5.91 Å². The predicted molar refractivity (Wildman–Crippen MR) is 114 cm³/mol. The Labute approximate surface area is 174 Å². The second kappa shape index (κ2) is 7.94.